The molecule has 2 rings (SSSR count). The molecule has 3 heteroatoms. The van der Waals surface area contributed by atoms with Crippen LogP contribution in [-0.2, 0) is 11.8 Å². The molecule has 0 amide bonds. The fraction of sp³-hybridized carbons (Fsp3) is 0.750. The average Bonchev–Trinajstić information content (AvgIpc) is 2.49. The molecule has 1 saturated carbocycles. The van der Waals surface area contributed by atoms with Crippen molar-refractivity contribution in [3.8, 4) is 0 Å². The van der Waals surface area contributed by atoms with E-state index in [9.17, 15) is 0 Å². The molecule has 84 valence electrons. The summed E-state index contributed by atoms with van der Waals surface area (Å²) in [5, 5.41) is 3.49. The third-order valence-electron chi connectivity index (χ3n) is 3.06. The Morgan fingerprint density at radius 2 is 2.13 bits per heavy atom. The molecular formula is C12H20N2S. The first-order valence-electron chi connectivity index (χ1n) is 5.65. The van der Waals surface area contributed by atoms with Crippen LogP contribution in [0.2, 0.25) is 0 Å². The van der Waals surface area contributed by atoms with Gasteiger partial charge >= 0.3 is 0 Å². The lowest BCUT2D eigenvalue weighted by Gasteiger charge is -2.31. The summed E-state index contributed by atoms with van der Waals surface area (Å²) in [5.74, 6) is 0.791. The predicted octanol–water partition coefficient (Wildman–Crippen LogP) is 2.72. The van der Waals surface area contributed by atoms with Gasteiger partial charge in [-0.05, 0) is 18.8 Å². The summed E-state index contributed by atoms with van der Waals surface area (Å²) in [6.45, 7) is 6.64. The Morgan fingerprint density at radius 1 is 1.47 bits per heavy atom. The van der Waals surface area contributed by atoms with Crippen LogP contribution in [-0.4, -0.2) is 11.0 Å². The quantitative estimate of drug-likeness (QED) is 0.839. The van der Waals surface area contributed by atoms with Gasteiger partial charge in [-0.25, -0.2) is 4.98 Å². The molecule has 0 unspecified atom stereocenters. The van der Waals surface area contributed by atoms with Crippen LogP contribution in [0.5, 0.6) is 0 Å². The van der Waals surface area contributed by atoms with Gasteiger partial charge in [0.1, 0.15) is 0 Å². The zero-order chi connectivity index (χ0) is 11.1. The molecule has 0 saturated heterocycles. The van der Waals surface area contributed by atoms with E-state index in [2.05, 4.69) is 26.2 Å². The van der Waals surface area contributed by atoms with Crippen LogP contribution in [0.1, 0.15) is 44.3 Å². The van der Waals surface area contributed by atoms with Gasteiger partial charge in [0.15, 0.2) is 0 Å². The van der Waals surface area contributed by atoms with Crippen molar-refractivity contribution in [3.05, 3.63) is 16.1 Å². The fourth-order valence-electron chi connectivity index (χ4n) is 1.95. The van der Waals surface area contributed by atoms with Crippen molar-refractivity contribution < 1.29 is 0 Å². The van der Waals surface area contributed by atoms with Crippen molar-refractivity contribution >= 4 is 11.3 Å². The van der Waals surface area contributed by atoms with E-state index in [1.807, 2.05) is 0 Å². The van der Waals surface area contributed by atoms with Crippen molar-refractivity contribution in [1.82, 2.24) is 4.98 Å². The van der Waals surface area contributed by atoms with Crippen LogP contribution >= 0.6 is 11.3 Å². The highest BCUT2D eigenvalue weighted by Gasteiger charge is 2.27. The highest BCUT2D eigenvalue weighted by molar-refractivity contribution is 7.09. The molecule has 1 aromatic rings. The molecule has 1 aromatic heterocycles. The minimum absolute atomic E-state index is 0.185. The van der Waals surface area contributed by atoms with E-state index in [1.54, 1.807) is 11.3 Å². The highest BCUT2D eigenvalue weighted by Crippen LogP contribution is 2.31. The standard InChI is InChI=1S/C12H20N2S/c1-12(2,3)10-7-15-11(14-10)6-8-4-9(13)5-8/h7-9H,4-6,13H2,1-3H3. The van der Waals surface area contributed by atoms with Gasteiger partial charge in [0.05, 0.1) is 10.7 Å². The number of hydrogen-bond donors (Lipinski definition) is 1. The molecule has 1 aliphatic rings. The Balaban J connectivity index is 1.96. The number of thiazole rings is 1. The van der Waals surface area contributed by atoms with E-state index >= 15 is 0 Å². The first-order chi connectivity index (χ1) is 6.95. The fourth-order valence-corrected chi connectivity index (χ4v) is 3.09. The first-order valence-corrected chi connectivity index (χ1v) is 6.53. The largest absolute Gasteiger partial charge is 0.328 e. The van der Waals surface area contributed by atoms with Gasteiger partial charge in [0, 0.05) is 23.3 Å². The minimum Gasteiger partial charge on any atom is -0.328 e. The zero-order valence-corrected chi connectivity index (χ0v) is 10.6. The summed E-state index contributed by atoms with van der Waals surface area (Å²) in [6.07, 6.45) is 3.50. The molecule has 2 N–H and O–H groups in total. The summed E-state index contributed by atoms with van der Waals surface area (Å²) in [6, 6.07) is 0.456. The molecular weight excluding hydrogens is 204 g/mol. The maximum Gasteiger partial charge on any atom is 0.0931 e. The molecule has 2 nitrogen and oxygen atoms in total. The van der Waals surface area contributed by atoms with E-state index in [0.29, 0.717) is 6.04 Å². The van der Waals surface area contributed by atoms with Gasteiger partial charge < -0.3 is 5.73 Å². The highest BCUT2D eigenvalue weighted by atomic mass is 32.1. The van der Waals surface area contributed by atoms with Gasteiger partial charge in [-0.15, -0.1) is 11.3 Å². The van der Waals surface area contributed by atoms with Crippen molar-refractivity contribution in [2.45, 2.75) is 51.5 Å². The Labute approximate surface area is 95.9 Å². The Kier molecular flexibility index (Phi) is 2.86. The zero-order valence-electron chi connectivity index (χ0n) is 9.79. The van der Waals surface area contributed by atoms with Crippen LogP contribution in [0, 0.1) is 5.92 Å². The monoisotopic (exact) mass is 224 g/mol. The molecule has 1 aliphatic carbocycles. The maximum atomic E-state index is 5.78. The molecule has 0 radical (unpaired) electrons. The van der Waals surface area contributed by atoms with Crippen LogP contribution in [0.4, 0.5) is 0 Å². The van der Waals surface area contributed by atoms with Crippen LogP contribution < -0.4 is 5.73 Å². The van der Waals surface area contributed by atoms with Crippen molar-refractivity contribution in [2.24, 2.45) is 11.7 Å². The maximum absolute atomic E-state index is 5.78. The Morgan fingerprint density at radius 3 is 2.60 bits per heavy atom. The smallest absolute Gasteiger partial charge is 0.0931 e. The van der Waals surface area contributed by atoms with E-state index in [1.165, 1.54) is 23.5 Å². The van der Waals surface area contributed by atoms with Gasteiger partial charge in [-0.2, -0.15) is 0 Å². The average molecular weight is 224 g/mol. The second-order valence-electron chi connectivity index (χ2n) is 5.68. The topological polar surface area (TPSA) is 38.9 Å². The predicted molar refractivity (Wildman–Crippen MR) is 65.2 cm³/mol. The minimum atomic E-state index is 0.185. The second-order valence-corrected chi connectivity index (χ2v) is 6.62. The number of rotatable bonds is 2. The SMILES string of the molecule is CC(C)(C)c1csc(CC2CC(N)C2)n1. The van der Waals surface area contributed by atoms with E-state index in [-0.39, 0.29) is 5.41 Å². The molecule has 0 spiro atoms. The molecule has 1 fully saturated rings. The molecule has 0 bridgehead atoms. The second kappa shape index (κ2) is 3.87. The third-order valence-corrected chi connectivity index (χ3v) is 3.93. The van der Waals surface area contributed by atoms with Gasteiger partial charge in [-0.1, -0.05) is 20.8 Å². The number of hydrogen-bond acceptors (Lipinski definition) is 3. The lowest BCUT2D eigenvalue weighted by molar-refractivity contribution is 0.264. The molecule has 0 atom stereocenters. The number of aromatic nitrogens is 1. The summed E-state index contributed by atoms with van der Waals surface area (Å²) in [4.78, 5) is 4.71. The summed E-state index contributed by atoms with van der Waals surface area (Å²) >= 11 is 1.80. The van der Waals surface area contributed by atoms with Crippen LogP contribution in [0.15, 0.2) is 5.38 Å². The number of nitrogens with zero attached hydrogens (tertiary/aromatic N) is 1. The Hall–Kier alpha value is -0.410. The van der Waals surface area contributed by atoms with Crippen molar-refractivity contribution in [3.63, 3.8) is 0 Å². The molecule has 15 heavy (non-hydrogen) atoms. The summed E-state index contributed by atoms with van der Waals surface area (Å²) in [7, 11) is 0. The van der Waals surface area contributed by atoms with E-state index in [0.717, 1.165) is 12.3 Å². The van der Waals surface area contributed by atoms with E-state index < -0.39 is 0 Å². The summed E-state index contributed by atoms with van der Waals surface area (Å²) < 4.78 is 0. The van der Waals surface area contributed by atoms with Crippen LogP contribution in [0.3, 0.4) is 0 Å². The molecule has 1 heterocycles. The van der Waals surface area contributed by atoms with Crippen LogP contribution in [0.25, 0.3) is 0 Å². The first kappa shape index (κ1) is 11.1. The lowest BCUT2D eigenvalue weighted by Crippen LogP contribution is -2.37. The van der Waals surface area contributed by atoms with Gasteiger partial charge in [0.2, 0.25) is 0 Å². The van der Waals surface area contributed by atoms with Crippen molar-refractivity contribution in [2.75, 3.05) is 0 Å². The van der Waals surface area contributed by atoms with Gasteiger partial charge in [0.25, 0.3) is 0 Å². The van der Waals surface area contributed by atoms with E-state index in [4.69, 9.17) is 10.7 Å². The normalized spacial score (nSPS) is 26.4. The number of nitrogens with two attached hydrogens (primary N) is 1. The lowest BCUT2D eigenvalue weighted by atomic mass is 9.79. The summed E-state index contributed by atoms with van der Waals surface area (Å²) in [5.41, 5.74) is 7.19. The van der Waals surface area contributed by atoms with Crippen molar-refractivity contribution in [1.29, 1.82) is 0 Å². The Bertz CT molecular complexity index is 332. The molecule has 0 aromatic carbocycles. The third kappa shape index (κ3) is 2.58. The van der Waals surface area contributed by atoms with Gasteiger partial charge in [-0.3, -0.25) is 0 Å². The molecule has 0 aliphatic heterocycles.